The number of piperidine rings is 1. The van der Waals surface area contributed by atoms with Gasteiger partial charge in [-0.1, -0.05) is 0 Å². The predicted molar refractivity (Wildman–Crippen MR) is 53.3 cm³/mol. The van der Waals surface area contributed by atoms with Gasteiger partial charge in [0.25, 0.3) is 0 Å². The van der Waals surface area contributed by atoms with E-state index >= 15 is 0 Å². The molecule has 14 heavy (non-hydrogen) atoms. The van der Waals surface area contributed by atoms with Crippen molar-refractivity contribution in [2.75, 3.05) is 18.8 Å². The monoisotopic (exact) mass is 219 g/mol. The quantitative estimate of drug-likeness (QED) is 0.737. The van der Waals surface area contributed by atoms with Gasteiger partial charge in [-0.25, -0.2) is 8.42 Å². The van der Waals surface area contributed by atoms with Gasteiger partial charge in [-0.2, -0.15) is 4.31 Å². The van der Waals surface area contributed by atoms with Crippen LogP contribution in [0.4, 0.5) is 0 Å². The maximum atomic E-state index is 11.8. The third kappa shape index (κ3) is 2.46. The highest BCUT2D eigenvalue weighted by atomic mass is 32.2. The van der Waals surface area contributed by atoms with Crippen LogP contribution in [0.25, 0.3) is 0 Å². The number of sulfonamides is 1. The summed E-state index contributed by atoms with van der Waals surface area (Å²) in [5.74, 6) is 0.679. The Hall–Kier alpha value is -0.130. The zero-order chi connectivity index (χ0) is 10.2. The summed E-state index contributed by atoms with van der Waals surface area (Å²) in [4.78, 5) is 0. The van der Waals surface area contributed by atoms with Crippen molar-refractivity contribution in [3.05, 3.63) is 0 Å². The van der Waals surface area contributed by atoms with Gasteiger partial charge in [0, 0.05) is 13.1 Å². The van der Waals surface area contributed by atoms with Gasteiger partial charge in [0.05, 0.1) is 11.9 Å². The maximum Gasteiger partial charge on any atom is 0.214 e. The van der Waals surface area contributed by atoms with Crippen LogP contribution in [0.2, 0.25) is 0 Å². The van der Waals surface area contributed by atoms with Crippen molar-refractivity contribution in [3.8, 4) is 0 Å². The topological polar surface area (TPSA) is 57.6 Å². The lowest BCUT2D eigenvalue weighted by molar-refractivity contribution is 0.108. The van der Waals surface area contributed by atoms with Crippen LogP contribution in [-0.2, 0) is 10.0 Å². The highest BCUT2D eigenvalue weighted by Crippen LogP contribution is 2.31. The van der Waals surface area contributed by atoms with Gasteiger partial charge < -0.3 is 5.11 Å². The molecule has 1 aliphatic heterocycles. The van der Waals surface area contributed by atoms with Gasteiger partial charge in [-0.3, -0.25) is 0 Å². The minimum atomic E-state index is -3.08. The molecule has 1 saturated carbocycles. The minimum absolute atomic E-state index is 0.291. The Bertz CT molecular complexity index is 297. The molecule has 82 valence electrons. The van der Waals surface area contributed by atoms with Crippen LogP contribution in [0.5, 0.6) is 0 Å². The van der Waals surface area contributed by atoms with Crippen molar-refractivity contribution in [3.63, 3.8) is 0 Å². The first-order valence-corrected chi connectivity index (χ1v) is 6.85. The summed E-state index contributed by atoms with van der Waals surface area (Å²) in [7, 11) is -3.08. The smallest absolute Gasteiger partial charge is 0.214 e. The molecule has 0 radical (unpaired) electrons. The number of rotatable bonds is 3. The molecule has 2 fully saturated rings. The Morgan fingerprint density at radius 1 is 1.29 bits per heavy atom. The number of aliphatic hydroxyl groups is 1. The van der Waals surface area contributed by atoms with Gasteiger partial charge >= 0.3 is 0 Å². The van der Waals surface area contributed by atoms with Crippen LogP contribution in [0.1, 0.15) is 25.7 Å². The third-order valence-corrected chi connectivity index (χ3v) is 4.91. The fourth-order valence-electron chi connectivity index (χ4n) is 1.86. The van der Waals surface area contributed by atoms with E-state index in [2.05, 4.69) is 0 Å². The lowest BCUT2D eigenvalue weighted by atomic mass is 10.1. The van der Waals surface area contributed by atoms with Gasteiger partial charge in [0.2, 0.25) is 10.0 Å². The van der Waals surface area contributed by atoms with Crippen LogP contribution in [0.15, 0.2) is 0 Å². The predicted octanol–water partition coefficient (Wildman–Crippen LogP) is 0.183. The molecule has 1 N–H and O–H groups in total. The number of β-amino-alcohol motifs (C(OH)–C–C–N with tert-alkyl or cyclic N) is 1. The lowest BCUT2D eigenvalue weighted by Crippen LogP contribution is -2.43. The van der Waals surface area contributed by atoms with Gasteiger partial charge in [0.1, 0.15) is 0 Å². The highest BCUT2D eigenvalue weighted by molar-refractivity contribution is 7.89. The second-order valence-electron chi connectivity index (χ2n) is 4.38. The fourth-order valence-corrected chi connectivity index (χ4v) is 3.81. The average Bonchev–Trinajstić information content (AvgIpc) is 2.87. The van der Waals surface area contributed by atoms with E-state index in [4.69, 9.17) is 0 Å². The molecule has 1 saturated heterocycles. The van der Waals surface area contributed by atoms with E-state index in [0.29, 0.717) is 24.8 Å². The zero-order valence-electron chi connectivity index (χ0n) is 8.22. The molecule has 1 heterocycles. The molecular weight excluding hydrogens is 202 g/mol. The van der Waals surface area contributed by atoms with Gasteiger partial charge in [-0.15, -0.1) is 0 Å². The van der Waals surface area contributed by atoms with Crippen molar-refractivity contribution in [2.24, 2.45) is 5.92 Å². The second-order valence-corrected chi connectivity index (χ2v) is 6.39. The maximum absolute atomic E-state index is 11.8. The molecule has 5 heteroatoms. The second kappa shape index (κ2) is 3.79. The number of hydrogen-bond donors (Lipinski definition) is 1. The number of aliphatic hydroxyl groups excluding tert-OH is 1. The molecule has 1 atom stereocenters. The molecule has 0 aromatic rings. The Balaban J connectivity index is 1.97. The van der Waals surface area contributed by atoms with Crippen LogP contribution < -0.4 is 0 Å². The Morgan fingerprint density at radius 3 is 2.57 bits per heavy atom. The largest absolute Gasteiger partial charge is 0.392 e. The normalized spacial score (nSPS) is 30.5. The first kappa shape index (κ1) is 10.4. The summed E-state index contributed by atoms with van der Waals surface area (Å²) >= 11 is 0. The third-order valence-electron chi connectivity index (χ3n) is 2.90. The highest BCUT2D eigenvalue weighted by Gasteiger charge is 2.33. The van der Waals surface area contributed by atoms with E-state index in [1.807, 2.05) is 0 Å². The van der Waals surface area contributed by atoms with Crippen molar-refractivity contribution in [1.29, 1.82) is 0 Å². The Morgan fingerprint density at radius 2 is 2.00 bits per heavy atom. The van der Waals surface area contributed by atoms with Crippen molar-refractivity contribution < 1.29 is 13.5 Å². The van der Waals surface area contributed by atoms with Crippen LogP contribution in [-0.4, -0.2) is 42.8 Å². The molecule has 0 aromatic carbocycles. The molecule has 0 aromatic heterocycles. The summed E-state index contributed by atoms with van der Waals surface area (Å²) < 4.78 is 25.1. The van der Waals surface area contributed by atoms with Crippen molar-refractivity contribution in [1.82, 2.24) is 4.31 Å². The molecule has 2 aliphatic rings. The number of hydrogen-bond acceptors (Lipinski definition) is 3. The average molecular weight is 219 g/mol. The molecule has 4 nitrogen and oxygen atoms in total. The molecular formula is C9H17NO3S. The van der Waals surface area contributed by atoms with Crippen molar-refractivity contribution >= 4 is 10.0 Å². The summed E-state index contributed by atoms with van der Waals surface area (Å²) in [6.07, 6.45) is 3.16. The van der Waals surface area contributed by atoms with Crippen molar-refractivity contribution in [2.45, 2.75) is 31.8 Å². The van der Waals surface area contributed by atoms with Crippen LogP contribution in [0.3, 0.4) is 0 Å². The fraction of sp³-hybridized carbons (Fsp3) is 1.00. The molecule has 1 aliphatic carbocycles. The van der Waals surface area contributed by atoms with E-state index in [0.717, 1.165) is 25.7 Å². The summed E-state index contributed by atoms with van der Waals surface area (Å²) in [5.41, 5.74) is 0. The van der Waals surface area contributed by atoms with E-state index in [1.54, 1.807) is 0 Å². The molecule has 2 rings (SSSR count). The Labute approximate surface area is 85.0 Å². The number of nitrogens with zero attached hydrogens (tertiary/aromatic N) is 1. The first-order valence-electron chi connectivity index (χ1n) is 5.24. The van der Waals surface area contributed by atoms with Gasteiger partial charge in [-0.05, 0) is 31.6 Å². The molecule has 0 unspecified atom stereocenters. The molecule has 0 amide bonds. The molecule has 0 spiro atoms. The standard InChI is InChI=1S/C9H17NO3S/c11-9-2-1-5-10(6-9)14(12,13)7-8-3-4-8/h8-9,11H,1-7H2/t9-/m0/s1. The first-order chi connectivity index (χ1) is 6.58. The SMILES string of the molecule is O=S(=O)(CC1CC1)N1CCC[C@H](O)C1. The van der Waals surface area contributed by atoms with E-state index in [1.165, 1.54) is 4.31 Å². The van der Waals surface area contributed by atoms with E-state index in [9.17, 15) is 13.5 Å². The summed E-state index contributed by atoms with van der Waals surface area (Å²) in [6, 6.07) is 0. The van der Waals surface area contributed by atoms with E-state index < -0.39 is 16.1 Å². The minimum Gasteiger partial charge on any atom is -0.392 e. The summed E-state index contributed by atoms with van der Waals surface area (Å²) in [5, 5.41) is 9.39. The van der Waals surface area contributed by atoms with E-state index in [-0.39, 0.29) is 0 Å². The molecule has 0 bridgehead atoms. The zero-order valence-corrected chi connectivity index (χ0v) is 9.04. The summed E-state index contributed by atoms with van der Waals surface area (Å²) in [6.45, 7) is 0.890. The van der Waals surface area contributed by atoms with Crippen LogP contribution in [0, 0.1) is 5.92 Å². The van der Waals surface area contributed by atoms with Crippen LogP contribution >= 0.6 is 0 Å². The lowest BCUT2D eigenvalue weighted by Gasteiger charge is -2.29. The Kier molecular flexibility index (Phi) is 2.81. The van der Waals surface area contributed by atoms with Gasteiger partial charge in [0.15, 0.2) is 0 Å².